The Balaban J connectivity index is 2.27. The van der Waals surface area contributed by atoms with E-state index in [1.807, 2.05) is 38.1 Å². The molecule has 0 radical (unpaired) electrons. The lowest BCUT2D eigenvalue weighted by Gasteiger charge is -2.14. The second kappa shape index (κ2) is 7.79. The fourth-order valence-corrected chi connectivity index (χ4v) is 1.96. The number of carbonyl (C=O) groups excluding carboxylic acids is 1. The monoisotopic (exact) mass is 264 g/mol. The molecule has 1 aromatic carbocycles. The molecule has 0 spiro atoms. The van der Waals surface area contributed by atoms with Gasteiger partial charge in [0.1, 0.15) is 0 Å². The summed E-state index contributed by atoms with van der Waals surface area (Å²) in [4.78, 5) is 11.7. The summed E-state index contributed by atoms with van der Waals surface area (Å²) in [5.41, 5.74) is 7.52. The lowest BCUT2D eigenvalue weighted by molar-refractivity contribution is -0.121. The summed E-state index contributed by atoms with van der Waals surface area (Å²) in [5.74, 6) is 0.377. The van der Waals surface area contributed by atoms with Gasteiger partial charge in [-0.3, -0.25) is 4.79 Å². The summed E-state index contributed by atoms with van der Waals surface area (Å²) < 4.78 is 0. The van der Waals surface area contributed by atoms with Crippen molar-refractivity contribution >= 4 is 11.6 Å². The van der Waals surface area contributed by atoms with Gasteiger partial charge in [0, 0.05) is 18.7 Å². The summed E-state index contributed by atoms with van der Waals surface area (Å²) in [6.45, 7) is 4.41. The van der Waals surface area contributed by atoms with Crippen LogP contribution in [0.25, 0.3) is 0 Å². The van der Waals surface area contributed by atoms with Crippen molar-refractivity contribution in [1.29, 1.82) is 0 Å². The number of nitrogen functional groups attached to an aromatic ring is 1. The Morgan fingerprint density at radius 2 is 2.05 bits per heavy atom. The Kier molecular flexibility index (Phi) is 6.36. The van der Waals surface area contributed by atoms with E-state index in [9.17, 15) is 9.90 Å². The maximum absolute atomic E-state index is 11.7. The van der Waals surface area contributed by atoms with Gasteiger partial charge in [-0.25, -0.2) is 0 Å². The van der Waals surface area contributed by atoms with Gasteiger partial charge in [-0.1, -0.05) is 32.0 Å². The summed E-state index contributed by atoms with van der Waals surface area (Å²) >= 11 is 0. The number of aliphatic hydroxyl groups excluding tert-OH is 1. The van der Waals surface area contributed by atoms with Crippen LogP contribution in [0.2, 0.25) is 0 Å². The highest BCUT2D eigenvalue weighted by molar-refractivity contribution is 5.76. The molecular weight excluding hydrogens is 240 g/mol. The molecule has 19 heavy (non-hydrogen) atoms. The van der Waals surface area contributed by atoms with Gasteiger partial charge in [-0.05, 0) is 30.4 Å². The molecule has 1 atom stereocenters. The van der Waals surface area contributed by atoms with E-state index >= 15 is 0 Å². The number of aliphatic hydroxyl groups is 1. The molecule has 0 aliphatic carbocycles. The Bertz CT molecular complexity index is 405. The SMILES string of the molecule is CC(C)CC(O)CNC(=O)CCc1ccccc1N. The molecule has 1 aromatic rings. The average molecular weight is 264 g/mol. The molecule has 0 aromatic heterocycles. The zero-order chi connectivity index (χ0) is 14.3. The molecule has 1 unspecified atom stereocenters. The fourth-order valence-electron chi connectivity index (χ4n) is 1.96. The number of aryl methyl sites for hydroxylation is 1. The summed E-state index contributed by atoms with van der Waals surface area (Å²) in [6.07, 6.45) is 1.25. The third-order valence-electron chi connectivity index (χ3n) is 2.95. The van der Waals surface area contributed by atoms with Gasteiger partial charge in [-0.2, -0.15) is 0 Å². The highest BCUT2D eigenvalue weighted by Gasteiger charge is 2.09. The van der Waals surface area contributed by atoms with Crippen molar-refractivity contribution < 1.29 is 9.90 Å². The van der Waals surface area contributed by atoms with Crippen LogP contribution in [0.4, 0.5) is 5.69 Å². The van der Waals surface area contributed by atoms with Crippen LogP contribution >= 0.6 is 0 Å². The molecule has 0 saturated carbocycles. The van der Waals surface area contributed by atoms with Crippen molar-refractivity contribution in [3.63, 3.8) is 0 Å². The van der Waals surface area contributed by atoms with Crippen LogP contribution in [0.1, 0.15) is 32.3 Å². The number of para-hydroxylation sites is 1. The predicted octanol–water partition coefficient (Wildman–Crippen LogP) is 1.72. The highest BCUT2D eigenvalue weighted by Crippen LogP contribution is 2.12. The zero-order valence-electron chi connectivity index (χ0n) is 11.7. The standard InChI is InChI=1S/C15H24N2O2/c1-11(2)9-13(18)10-17-15(19)8-7-12-5-3-4-6-14(12)16/h3-6,11,13,18H,7-10,16H2,1-2H3,(H,17,19). The summed E-state index contributed by atoms with van der Waals surface area (Å²) in [5, 5.41) is 12.4. The number of benzene rings is 1. The quantitative estimate of drug-likeness (QED) is 0.656. The third kappa shape index (κ3) is 6.25. The molecule has 0 aliphatic rings. The van der Waals surface area contributed by atoms with E-state index in [-0.39, 0.29) is 5.91 Å². The Morgan fingerprint density at radius 1 is 1.37 bits per heavy atom. The smallest absolute Gasteiger partial charge is 0.220 e. The summed E-state index contributed by atoms with van der Waals surface area (Å²) in [6, 6.07) is 7.55. The lowest BCUT2D eigenvalue weighted by Crippen LogP contribution is -2.32. The normalized spacial score (nSPS) is 12.4. The zero-order valence-corrected chi connectivity index (χ0v) is 11.7. The van der Waals surface area contributed by atoms with Gasteiger partial charge < -0.3 is 16.2 Å². The molecule has 4 heteroatoms. The molecule has 4 N–H and O–H groups in total. The molecule has 0 bridgehead atoms. The number of anilines is 1. The van der Waals surface area contributed by atoms with Crippen LogP contribution < -0.4 is 11.1 Å². The first-order valence-corrected chi connectivity index (χ1v) is 6.77. The van der Waals surface area contributed by atoms with Crippen LogP contribution in [0.5, 0.6) is 0 Å². The van der Waals surface area contributed by atoms with Gasteiger partial charge >= 0.3 is 0 Å². The molecule has 1 amide bonds. The number of nitrogens with one attached hydrogen (secondary N) is 1. The number of carbonyl (C=O) groups is 1. The predicted molar refractivity (Wildman–Crippen MR) is 77.6 cm³/mol. The van der Waals surface area contributed by atoms with E-state index in [1.54, 1.807) is 0 Å². The summed E-state index contributed by atoms with van der Waals surface area (Å²) in [7, 11) is 0. The Morgan fingerprint density at radius 3 is 2.68 bits per heavy atom. The minimum atomic E-state index is -0.467. The third-order valence-corrected chi connectivity index (χ3v) is 2.95. The fraction of sp³-hybridized carbons (Fsp3) is 0.533. The highest BCUT2D eigenvalue weighted by atomic mass is 16.3. The molecule has 106 valence electrons. The number of hydrogen-bond acceptors (Lipinski definition) is 3. The van der Waals surface area contributed by atoms with Crippen LogP contribution in [-0.2, 0) is 11.2 Å². The molecule has 0 aliphatic heterocycles. The molecular formula is C15H24N2O2. The van der Waals surface area contributed by atoms with E-state index in [1.165, 1.54) is 0 Å². The lowest BCUT2D eigenvalue weighted by atomic mass is 10.1. The molecule has 4 nitrogen and oxygen atoms in total. The van der Waals surface area contributed by atoms with Gasteiger partial charge in [0.25, 0.3) is 0 Å². The van der Waals surface area contributed by atoms with Gasteiger partial charge in [0.15, 0.2) is 0 Å². The number of amides is 1. The molecule has 0 heterocycles. The van der Waals surface area contributed by atoms with E-state index in [0.717, 1.165) is 11.3 Å². The molecule has 0 fully saturated rings. The van der Waals surface area contributed by atoms with Crippen molar-refractivity contribution in [2.24, 2.45) is 5.92 Å². The Hall–Kier alpha value is -1.55. The van der Waals surface area contributed by atoms with Gasteiger partial charge in [0.05, 0.1) is 6.10 Å². The van der Waals surface area contributed by atoms with Crippen LogP contribution in [-0.4, -0.2) is 23.7 Å². The van der Waals surface area contributed by atoms with E-state index in [2.05, 4.69) is 5.32 Å². The van der Waals surface area contributed by atoms with Gasteiger partial charge in [0.2, 0.25) is 5.91 Å². The first kappa shape index (κ1) is 15.5. The van der Waals surface area contributed by atoms with E-state index in [0.29, 0.717) is 31.7 Å². The molecule has 0 saturated heterocycles. The second-order valence-corrected chi connectivity index (χ2v) is 5.29. The minimum Gasteiger partial charge on any atom is -0.399 e. The van der Waals surface area contributed by atoms with Crippen molar-refractivity contribution in [3.05, 3.63) is 29.8 Å². The van der Waals surface area contributed by atoms with Crippen LogP contribution in [0.3, 0.4) is 0 Å². The van der Waals surface area contributed by atoms with Crippen LogP contribution in [0.15, 0.2) is 24.3 Å². The Labute approximate surface area is 115 Å². The van der Waals surface area contributed by atoms with Crippen LogP contribution in [0, 0.1) is 5.92 Å². The second-order valence-electron chi connectivity index (χ2n) is 5.29. The first-order chi connectivity index (χ1) is 8.99. The van der Waals surface area contributed by atoms with E-state index < -0.39 is 6.10 Å². The first-order valence-electron chi connectivity index (χ1n) is 6.77. The average Bonchev–Trinajstić information content (AvgIpc) is 2.34. The van der Waals surface area contributed by atoms with Crippen molar-refractivity contribution in [3.8, 4) is 0 Å². The number of rotatable bonds is 7. The number of hydrogen-bond donors (Lipinski definition) is 3. The maximum Gasteiger partial charge on any atom is 0.220 e. The number of nitrogens with two attached hydrogens (primary N) is 1. The van der Waals surface area contributed by atoms with E-state index in [4.69, 9.17) is 5.73 Å². The minimum absolute atomic E-state index is 0.0499. The topological polar surface area (TPSA) is 75.3 Å². The van der Waals surface area contributed by atoms with Crippen molar-refractivity contribution in [2.75, 3.05) is 12.3 Å². The van der Waals surface area contributed by atoms with Crippen molar-refractivity contribution in [1.82, 2.24) is 5.32 Å². The van der Waals surface area contributed by atoms with Gasteiger partial charge in [-0.15, -0.1) is 0 Å². The molecule has 1 rings (SSSR count). The van der Waals surface area contributed by atoms with Crippen molar-refractivity contribution in [2.45, 2.75) is 39.2 Å². The maximum atomic E-state index is 11.7. The largest absolute Gasteiger partial charge is 0.399 e.